The fraction of sp³-hybridized carbons (Fsp3) is 0.444. The maximum Gasteiger partial charge on any atom is 0.180 e. The van der Waals surface area contributed by atoms with Crippen LogP contribution in [0.2, 0.25) is 5.02 Å². The van der Waals surface area contributed by atoms with E-state index in [2.05, 4.69) is 5.32 Å². The van der Waals surface area contributed by atoms with E-state index >= 15 is 0 Å². The highest BCUT2D eigenvalue weighted by Gasteiger charge is 2.16. The molecular weight excluding hydrogens is 346 g/mol. The summed E-state index contributed by atoms with van der Waals surface area (Å²) in [5, 5.41) is 6.02. The van der Waals surface area contributed by atoms with E-state index in [0.29, 0.717) is 29.2 Å². The SMILES string of the molecule is COc1cc(CNC[C@@H]2CCCO2)cc(Cl)c1OCc1cccs1. The van der Waals surface area contributed by atoms with Crippen LogP contribution in [0.3, 0.4) is 0 Å². The molecule has 2 heterocycles. The van der Waals surface area contributed by atoms with Gasteiger partial charge in [-0.25, -0.2) is 0 Å². The Labute approximate surface area is 151 Å². The maximum absolute atomic E-state index is 6.41. The molecular formula is C18H22ClNO3S. The minimum Gasteiger partial charge on any atom is -0.493 e. The number of thiophene rings is 1. The number of hydrogen-bond acceptors (Lipinski definition) is 5. The predicted molar refractivity (Wildman–Crippen MR) is 97.3 cm³/mol. The molecule has 1 aromatic heterocycles. The molecule has 2 aromatic rings. The van der Waals surface area contributed by atoms with Crippen LogP contribution in [0.1, 0.15) is 23.3 Å². The lowest BCUT2D eigenvalue weighted by Gasteiger charge is -2.15. The van der Waals surface area contributed by atoms with Crippen LogP contribution >= 0.6 is 22.9 Å². The fourth-order valence-corrected chi connectivity index (χ4v) is 3.64. The van der Waals surface area contributed by atoms with E-state index in [1.807, 2.05) is 29.6 Å². The summed E-state index contributed by atoms with van der Waals surface area (Å²) in [6.07, 6.45) is 2.62. The first-order chi connectivity index (χ1) is 11.8. The first kappa shape index (κ1) is 17.5. The summed E-state index contributed by atoms with van der Waals surface area (Å²) in [7, 11) is 1.63. The normalized spacial score (nSPS) is 17.2. The Bertz CT molecular complexity index is 642. The summed E-state index contributed by atoms with van der Waals surface area (Å²) < 4.78 is 16.9. The molecule has 1 saturated heterocycles. The van der Waals surface area contributed by atoms with Gasteiger partial charge in [0.05, 0.1) is 18.2 Å². The second-order valence-corrected chi connectivity index (χ2v) is 7.18. The summed E-state index contributed by atoms with van der Waals surface area (Å²) in [4.78, 5) is 1.15. The number of methoxy groups -OCH3 is 1. The van der Waals surface area contributed by atoms with Crippen molar-refractivity contribution in [2.45, 2.75) is 32.1 Å². The van der Waals surface area contributed by atoms with Crippen molar-refractivity contribution in [1.82, 2.24) is 5.32 Å². The average Bonchev–Trinajstić information content (AvgIpc) is 3.27. The summed E-state index contributed by atoms with van der Waals surface area (Å²) in [5.74, 6) is 1.25. The van der Waals surface area contributed by atoms with Crippen LogP contribution in [0.25, 0.3) is 0 Å². The molecule has 0 amide bonds. The number of nitrogens with one attached hydrogen (secondary N) is 1. The van der Waals surface area contributed by atoms with E-state index in [9.17, 15) is 0 Å². The molecule has 0 saturated carbocycles. The van der Waals surface area contributed by atoms with Gasteiger partial charge < -0.3 is 19.5 Å². The Balaban J connectivity index is 1.60. The number of ether oxygens (including phenoxy) is 3. The molecule has 1 aliphatic heterocycles. The molecule has 0 spiro atoms. The van der Waals surface area contributed by atoms with Crippen LogP contribution in [0.15, 0.2) is 29.6 Å². The maximum atomic E-state index is 6.41. The Morgan fingerprint density at radius 2 is 2.33 bits per heavy atom. The molecule has 1 fully saturated rings. The zero-order valence-electron chi connectivity index (χ0n) is 13.7. The van der Waals surface area contributed by atoms with E-state index < -0.39 is 0 Å². The van der Waals surface area contributed by atoms with Crippen molar-refractivity contribution >= 4 is 22.9 Å². The van der Waals surface area contributed by atoms with Gasteiger partial charge >= 0.3 is 0 Å². The molecule has 24 heavy (non-hydrogen) atoms. The van der Waals surface area contributed by atoms with Crippen molar-refractivity contribution in [3.8, 4) is 11.5 Å². The van der Waals surface area contributed by atoms with Gasteiger partial charge in [0.25, 0.3) is 0 Å². The highest BCUT2D eigenvalue weighted by atomic mass is 35.5. The number of hydrogen-bond donors (Lipinski definition) is 1. The molecule has 4 nitrogen and oxygen atoms in total. The summed E-state index contributed by atoms with van der Waals surface area (Å²) in [6, 6.07) is 7.94. The van der Waals surface area contributed by atoms with E-state index in [1.165, 1.54) is 0 Å². The minimum atomic E-state index is 0.329. The smallest absolute Gasteiger partial charge is 0.180 e. The zero-order chi connectivity index (χ0) is 16.8. The lowest BCUT2D eigenvalue weighted by molar-refractivity contribution is 0.110. The molecule has 0 bridgehead atoms. The zero-order valence-corrected chi connectivity index (χ0v) is 15.3. The Morgan fingerprint density at radius 3 is 3.04 bits per heavy atom. The largest absolute Gasteiger partial charge is 0.493 e. The van der Waals surface area contributed by atoms with Gasteiger partial charge in [-0.15, -0.1) is 11.3 Å². The summed E-state index contributed by atoms with van der Waals surface area (Å²) in [6.45, 7) is 2.95. The third-order valence-corrected chi connectivity index (χ3v) is 5.08. The third kappa shape index (κ3) is 4.63. The fourth-order valence-electron chi connectivity index (χ4n) is 2.74. The van der Waals surface area contributed by atoms with Crippen LogP contribution in [-0.4, -0.2) is 26.4 Å². The topological polar surface area (TPSA) is 39.7 Å². The molecule has 0 aliphatic carbocycles. The van der Waals surface area contributed by atoms with Crippen molar-refractivity contribution in [1.29, 1.82) is 0 Å². The molecule has 3 rings (SSSR count). The summed E-state index contributed by atoms with van der Waals surface area (Å²) >= 11 is 8.06. The molecule has 0 unspecified atom stereocenters. The van der Waals surface area contributed by atoms with Crippen LogP contribution in [0.5, 0.6) is 11.5 Å². The van der Waals surface area contributed by atoms with Gasteiger partial charge in [-0.1, -0.05) is 17.7 Å². The predicted octanol–water partition coefficient (Wildman–Crippen LogP) is 4.26. The lowest BCUT2D eigenvalue weighted by Crippen LogP contribution is -2.25. The lowest BCUT2D eigenvalue weighted by atomic mass is 10.2. The van der Waals surface area contributed by atoms with Crippen molar-refractivity contribution < 1.29 is 14.2 Å². The van der Waals surface area contributed by atoms with Gasteiger partial charge in [0.2, 0.25) is 0 Å². The second-order valence-electron chi connectivity index (χ2n) is 5.74. The minimum absolute atomic E-state index is 0.329. The number of benzene rings is 1. The molecule has 6 heteroatoms. The molecule has 0 radical (unpaired) electrons. The van der Waals surface area contributed by atoms with Gasteiger partial charge in [-0.05, 0) is 42.0 Å². The molecule has 130 valence electrons. The van der Waals surface area contributed by atoms with E-state index in [-0.39, 0.29) is 0 Å². The Hall–Kier alpha value is -1.27. The highest BCUT2D eigenvalue weighted by Crippen LogP contribution is 2.37. The Kier molecular flexibility index (Phi) is 6.37. The monoisotopic (exact) mass is 367 g/mol. The quantitative estimate of drug-likeness (QED) is 0.756. The molecule has 1 atom stereocenters. The van der Waals surface area contributed by atoms with E-state index in [1.54, 1.807) is 18.4 Å². The van der Waals surface area contributed by atoms with Gasteiger partial charge in [-0.3, -0.25) is 0 Å². The van der Waals surface area contributed by atoms with Crippen molar-refractivity contribution in [3.63, 3.8) is 0 Å². The van der Waals surface area contributed by atoms with Crippen LogP contribution < -0.4 is 14.8 Å². The second kappa shape index (κ2) is 8.72. The third-order valence-electron chi connectivity index (χ3n) is 3.95. The molecule has 1 aliphatic rings. The Morgan fingerprint density at radius 1 is 1.42 bits per heavy atom. The van der Waals surface area contributed by atoms with Gasteiger partial charge in [0.1, 0.15) is 6.61 Å². The van der Waals surface area contributed by atoms with Crippen LogP contribution in [0, 0.1) is 0 Å². The van der Waals surface area contributed by atoms with Gasteiger partial charge in [0, 0.05) is 24.6 Å². The highest BCUT2D eigenvalue weighted by molar-refractivity contribution is 7.09. The first-order valence-electron chi connectivity index (χ1n) is 8.10. The van der Waals surface area contributed by atoms with Gasteiger partial charge in [-0.2, -0.15) is 0 Å². The van der Waals surface area contributed by atoms with E-state index in [4.69, 9.17) is 25.8 Å². The molecule has 1 aromatic carbocycles. The van der Waals surface area contributed by atoms with Crippen molar-refractivity contribution in [3.05, 3.63) is 45.1 Å². The number of rotatable bonds is 8. The molecule has 1 N–H and O–H groups in total. The first-order valence-corrected chi connectivity index (χ1v) is 9.36. The average molecular weight is 368 g/mol. The van der Waals surface area contributed by atoms with Gasteiger partial charge in [0.15, 0.2) is 11.5 Å². The van der Waals surface area contributed by atoms with Crippen LogP contribution in [0.4, 0.5) is 0 Å². The summed E-state index contributed by atoms with van der Waals surface area (Å²) in [5.41, 5.74) is 1.07. The van der Waals surface area contributed by atoms with E-state index in [0.717, 1.165) is 43.0 Å². The number of halogens is 1. The van der Waals surface area contributed by atoms with Crippen molar-refractivity contribution in [2.24, 2.45) is 0 Å². The van der Waals surface area contributed by atoms with Crippen LogP contribution in [-0.2, 0) is 17.9 Å². The van der Waals surface area contributed by atoms with Crippen molar-refractivity contribution in [2.75, 3.05) is 20.3 Å². The standard InChI is InChI=1S/C18H22ClNO3S/c1-21-17-9-13(10-20-11-14-4-2-6-22-14)8-16(19)18(17)23-12-15-5-3-7-24-15/h3,5,7-9,14,20H,2,4,6,10-12H2,1H3/t14-/m0/s1.